The lowest BCUT2D eigenvalue weighted by Gasteiger charge is -2.30. The van der Waals surface area contributed by atoms with Crippen molar-refractivity contribution in [2.75, 3.05) is 13.7 Å². The molecule has 27 heavy (non-hydrogen) atoms. The molecule has 0 heterocycles. The van der Waals surface area contributed by atoms with E-state index in [4.69, 9.17) is 16.3 Å². The van der Waals surface area contributed by atoms with E-state index in [9.17, 15) is 9.59 Å². The number of hydrogen-bond donors (Lipinski definition) is 1. The maximum Gasteiger partial charge on any atom is 0.261 e. The van der Waals surface area contributed by atoms with E-state index in [0.717, 1.165) is 9.13 Å². The van der Waals surface area contributed by atoms with Crippen LogP contribution in [0.1, 0.15) is 18.9 Å². The highest BCUT2D eigenvalue weighted by Gasteiger charge is 2.28. The quantitative estimate of drug-likeness (QED) is 0.560. The summed E-state index contributed by atoms with van der Waals surface area (Å²) in [6.07, 6.45) is 0.503. The molecule has 144 valence electrons. The van der Waals surface area contributed by atoms with Gasteiger partial charge >= 0.3 is 0 Å². The summed E-state index contributed by atoms with van der Waals surface area (Å²) in [7, 11) is 1.57. The molecule has 0 radical (unpaired) electrons. The molecule has 5 nitrogen and oxygen atoms in total. The highest BCUT2D eigenvalue weighted by atomic mass is 127. The van der Waals surface area contributed by atoms with Crippen LogP contribution in [0.5, 0.6) is 5.75 Å². The number of nitrogens with zero attached hydrogens (tertiary/aromatic N) is 1. The third-order valence-corrected chi connectivity index (χ3v) is 5.05. The second kappa shape index (κ2) is 10.5. The number of hydrogen-bond acceptors (Lipinski definition) is 3. The van der Waals surface area contributed by atoms with E-state index in [1.54, 1.807) is 24.1 Å². The van der Waals surface area contributed by atoms with Crippen molar-refractivity contribution in [3.05, 3.63) is 62.7 Å². The molecule has 0 spiro atoms. The second-order valence-electron chi connectivity index (χ2n) is 5.93. The first kappa shape index (κ1) is 21.5. The molecular weight excluding hydrogens is 479 g/mol. The number of halogens is 2. The molecule has 1 N–H and O–H groups in total. The fourth-order valence-corrected chi connectivity index (χ4v) is 3.12. The number of likely N-dealkylation sites (N-methyl/N-ethyl adjacent to an activating group) is 1. The molecule has 0 saturated heterocycles. The molecule has 2 rings (SSSR count). The summed E-state index contributed by atoms with van der Waals surface area (Å²) in [6, 6.07) is 14.1. The van der Waals surface area contributed by atoms with Gasteiger partial charge in [-0.25, -0.2) is 0 Å². The first-order chi connectivity index (χ1) is 12.9. The molecule has 0 aliphatic carbocycles. The van der Waals surface area contributed by atoms with Gasteiger partial charge in [-0.1, -0.05) is 30.7 Å². The van der Waals surface area contributed by atoms with Crippen LogP contribution in [0.4, 0.5) is 0 Å². The fraction of sp³-hybridized carbons (Fsp3) is 0.300. The van der Waals surface area contributed by atoms with Crippen molar-refractivity contribution in [2.45, 2.75) is 25.9 Å². The van der Waals surface area contributed by atoms with Crippen molar-refractivity contribution in [1.82, 2.24) is 10.2 Å². The van der Waals surface area contributed by atoms with E-state index < -0.39 is 6.04 Å². The number of carbonyl (C=O) groups excluding carboxylic acids is 2. The van der Waals surface area contributed by atoms with Crippen molar-refractivity contribution in [3.63, 3.8) is 0 Å². The minimum absolute atomic E-state index is 0.137. The Morgan fingerprint density at radius 2 is 1.78 bits per heavy atom. The van der Waals surface area contributed by atoms with Crippen LogP contribution in [-0.2, 0) is 16.1 Å². The molecule has 0 bridgehead atoms. The predicted octanol–water partition coefficient (Wildman–Crippen LogP) is 3.88. The van der Waals surface area contributed by atoms with Crippen molar-refractivity contribution >= 4 is 46.0 Å². The van der Waals surface area contributed by atoms with Gasteiger partial charge < -0.3 is 15.0 Å². The summed E-state index contributed by atoms with van der Waals surface area (Å²) in [5.41, 5.74) is 0.893. The summed E-state index contributed by atoms with van der Waals surface area (Å²) in [5, 5.41) is 3.25. The normalized spacial score (nSPS) is 11.6. The molecule has 0 aliphatic heterocycles. The van der Waals surface area contributed by atoms with Gasteiger partial charge in [-0.3, -0.25) is 9.59 Å². The molecule has 0 unspecified atom stereocenters. The molecule has 1 atom stereocenters. The van der Waals surface area contributed by atoms with Crippen LogP contribution in [0.15, 0.2) is 48.5 Å². The zero-order chi connectivity index (χ0) is 19.8. The topological polar surface area (TPSA) is 58.6 Å². The Balaban J connectivity index is 2.15. The minimum Gasteiger partial charge on any atom is -0.484 e. The third kappa shape index (κ3) is 6.39. The van der Waals surface area contributed by atoms with Gasteiger partial charge in [-0.05, 0) is 71.0 Å². The standard InChI is InChI=1S/C20H22ClIN2O3/c1-3-18(20(26)23-2)24(12-14-4-6-15(21)7-5-14)19(25)13-27-17-10-8-16(22)9-11-17/h4-11,18H,3,12-13H2,1-2H3,(H,23,26)/t18-/m0/s1. The Labute approximate surface area is 178 Å². The lowest BCUT2D eigenvalue weighted by Crippen LogP contribution is -2.49. The number of rotatable bonds is 8. The van der Waals surface area contributed by atoms with E-state index in [2.05, 4.69) is 27.9 Å². The number of carbonyl (C=O) groups is 2. The smallest absolute Gasteiger partial charge is 0.261 e. The molecule has 2 amide bonds. The molecule has 2 aromatic rings. The van der Waals surface area contributed by atoms with Gasteiger partial charge in [0.15, 0.2) is 6.61 Å². The maximum absolute atomic E-state index is 12.9. The van der Waals surface area contributed by atoms with Crippen LogP contribution in [0.2, 0.25) is 5.02 Å². The zero-order valence-electron chi connectivity index (χ0n) is 15.2. The van der Waals surface area contributed by atoms with Crippen LogP contribution in [0.3, 0.4) is 0 Å². The Kier molecular flexibility index (Phi) is 8.37. The Hall–Kier alpha value is -1.80. The lowest BCUT2D eigenvalue weighted by molar-refractivity contribution is -0.142. The van der Waals surface area contributed by atoms with E-state index in [1.165, 1.54) is 0 Å². The highest BCUT2D eigenvalue weighted by Crippen LogP contribution is 2.17. The summed E-state index contributed by atoms with van der Waals surface area (Å²) < 4.78 is 6.71. The van der Waals surface area contributed by atoms with Crippen molar-refractivity contribution in [1.29, 1.82) is 0 Å². The van der Waals surface area contributed by atoms with E-state index in [0.29, 0.717) is 23.7 Å². The molecule has 0 fully saturated rings. The Bertz CT molecular complexity index is 766. The van der Waals surface area contributed by atoms with Gasteiger partial charge in [0, 0.05) is 22.2 Å². The molecule has 0 saturated carbocycles. The third-order valence-electron chi connectivity index (χ3n) is 4.07. The fourth-order valence-electron chi connectivity index (χ4n) is 2.63. The van der Waals surface area contributed by atoms with Crippen LogP contribution in [-0.4, -0.2) is 36.4 Å². The molecule has 0 aromatic heterocycles. The highest BCUT2D eigenvalue weighted by molar-refractivity contribution is 14.1. The van der Waals surface area contributed by atoms with Crippen molar-refractivity contribution in [3.8, 4) is 5.75 Å². The van der Waals surface area contributed by atoms with E-state index in [1.807, 2.05) is 43.3 Å². The summed E-state index contributed by atoms with van der Waals surface area (Å²) in [5.74, 6) is 0.163. The van der Waals surface area contributed by atoms with Crippen LogP contribution >= 0.6 is 34.2 Å². The minimum atomic E-state index is -0.571. The average Bonchev–Trinajstić information content (AvgIpc) is 2.68. The van der Waals surface area contributed by atoms with Gasteiger partial charge in [-0.15, -0.1) is 0 Å². The predicted molar refractivity (Wildman–Crippen MR) is 115 cm³/mol. The number of ether oxygens (including phenoxy) is 1. The van der Waals surface area contributed by atoms with E-state index in [-0.39, 0.29) is 18.4 Å². The van der Waals surface area contributed by atoms with Gasteiger partial charge in [0.2, 0.25) is 5.91 Å². The molecule has 2 aromatic carbocycles. The van der Waals surface area contributed by atoms with Crippen LogP contribution < -0.4 is 10.1 Å². The number of benzene rings is 2. The second-order valence-corrected chi connectivity index (χ2v) is 7.61. The van der Waals surface area contributed by atoms with E-state index >= 15 is 0 Å². The maximum atomic E-state index is 12.9. The van der Waals surface area contributed by atoms with Crippen molar-refractivity contribution < 1.29 is 14.3 Å². The SMILES string of the molecule is CC[C@@H](C(=O)NC)N(Cc1ccc(Cl)cc1)C(=O)COc1ccc(I)cc1. The first-order valence-corrected chi connectivity index (χ1v) is 10.0. The summed E-state index contributed by atoms with van der Waals surface area (Å²) in [4.78, 5) is 26.7. The zero-order valence-corrected chi connectivity index (χ0v) is 18.2. The summed E-state index contributed by atoms with van der Waals surface area (Å²) in [6.45, 7) is 2.04. The number of nitrogens with one attached hydrogen (secondary N) is 1. The molecule has 0 aliphatic rings. The van der Waals surface area contributed by atoms with Crippen molar-refractivity contribution in [2.24, 2.45) is 0 Å². The largest absolute Gasteiger partial charge is 0.484 e. The van der Waals surface area contributed by atoms with Gasteiger partial charge in [0.25, 0.3) is 5.91 Å². The first-order valence-electron chi connectivity index (χ1n) is 8.58. The number of amides is 2. The van der Waals surface area contributed by atoms with Gasteiger partial charge in [-0.2, -0.15) is 0 Å². The van der Waals surface area contributed by atoms with Gasteiger partial charge in [0.1, 0.15) is 11.8 Å². The summed E-state index contributed by atoms with van der Waals surface area (Å²) >= 11 is 8.14. The lowest BCUT2D eigenvalue weighted by atomic mass is 10.1. The average molecular weight is 501 g/mol. The molecule has 7 heteroatoms. The Morgan fingerprint density at radius 1 is 1.15 bits per heavy atom. The van der Waals surface area contributed by atoms with Gasteiger partial charge in [0.05, 0.1) is 0 Å². The van der Waals surface area contributed by atoms with Crippen LogP contribution in [0, 0.1) is 3.57 Å². The Morgan fingerprint density at radius 3 is 2.33 bits per heavy atom. The van der Waals surface area contributed by atoms with Crippen LogP contribution in [0.25, 0.3) is 0 Å². The molecular formula is C20H22ClIN2O3. The monoisotopic (exact) mass is 500 g/mol.